The van der Waals surface area contributed by atoms with Crippen LogP contribution in [-0.2, 0) is 0 Å². The largest absolute Gasteiger partial charge is 0.493 e. The molecule has 0 saturated carbocycles. The van der Waals surface area contributed by atoms with Gasteiger partial charge in [0.05, 0.1) is 15.7 Å². The zero-order valence-corrected chi connectivity index (χ0v) is 11.9. The number of thiazole rings is 1. The fourth-order valence-corrected chi connectivity index (χ4v) is 3.02. The molecule has 0 spiro atoms. The summed E-state index contributed by atoms with van der Waals surface area (Å²) in [6.45, 7) is 0. The molecule has 2 N–H and O–H groups in total. The molecule has 0 bridgehead atoms. The van der Waals surface area contributed by atoms with E-state index < -0.39 is 0 Å². The lowest BCUT2D eigenvalue weighted by Gasteiger charge is -1.91. The van der Waals surface area contributed by atoms with Crippen LogP contribution in [0.15, 0.2) is 52.7 Å². The number of aromatic hydroxyl groups is 1. The molecule has 0 atom stereocenters. The third-order valence-corrected chi connectivity index (χ3v) is 4.15. The van der Waals surface area contributed by atoms with Crippen molar-refractivity contribution in [2.75, 3.05) is 0 Å². The summed E-state index contributed by atoms with van der Waals surface area (Å²) in [5, 5.41) is 19.1. The van der Waals surface area contributed by atoms with E-state index in [0.717, 1.165) is 10.2 Å². The number of H-pyrrole nitrogens is 1. The molecule has 0 radical (unpaired) electrons. The number of benzene rings is 2. The monoisotopic (exact) mass is 312 g/mol. The van der Waals surface area contributed by atoms with Gasteiger partial charge in [0.2, 0.25) is 11.0 Å². The first-order valence-electron chi connectivity index (χ1n) is 6.48. The molecule has 0 aliphatic carbocycles. The Labute approximate surface area is 127 Å². The summed E-state index contributed by atoms with van der Waals surface area (Å²) in [6.07, 6.45) is 0. The lowest BCUT2D eigenvalue weighted by atomic mass is 10.2. The van der Waals surface area contributed by atoms with Gasteiger partial charge in [-0.05, 0) is 30.3 Å². The first-order valence-corrected chi connectivity index (χ1v) is 7.30. The van der Waals surface area contributed by atoms with Gasteiger partial charge in [0.1, 0.15) is 5.82 Å². The van der Waals surface area contributed by atoms with Gasteiger partial charge in [-0.15, -0.1) is 10.2 Å². The molecule has 5 nitrogen and oxygen atoms in total. The van der Waals surface area contributed by atoms with Crippen molar-refractivity contribution in [1.82, 2.24) is 9.97 Å². The van der Waals surface area contributed by atoms with E-state index in [4.69, 9.17) is 0 Å². The summed E-state index contributed by atoms with van der Waals surface area (Å²) in [5.74, 6) is -0.533. The van der Waals surface area contributed by atoms with E-state index in [-0.39, 0.29) is 17.4 Å². The Morgan fingerprint density at radius 1 is 1.14 bits per heavy atom. The van der Waals surface area contributed by atoms with Crippen molar-refractivity contribution < 1.29 is 9.50 Å². The third kappa shape index (κ3) is 2.11. The van der Waals surface area contributed by atoms with Gasteiger partial charge < -0.3 is 10.1 Å². The summed E-state index contributed by atoms with van der Waals surface area (Å²) in [4.78, 5) is 7.02. The fraction of sp³-hybridized carbons (Fsp3) is 0. The molecule has 7 heteroatoms. The zero-order chi connectivity index (χ0) is 15.1. The van der Waals surface area contributed by atoms with Crippen molar-refractivity contribution in [3.8, 4) is 5.88 Å². The smallest absolute Gasteiger partial charge is 0.231 e. The molecular formula is C15H9FN4OS. The van der Waals surface area contributed by atoms with Crippen LogP contribution in [0.2, 0.25) is 0 Å². The van der Waals surface area contributed by atoms with Gasteiger partial charge in [-0.1, -0.05) is 23.5 Å². The third-order valence-electron chi connectivity index (χ3n) is 3.23. The first kappa shape index (κ1) is 12.9. The number of aromatic amines is 1. The van der Waals surface area contributed by atoms with Crippen molar-refractivity contribution in [3.63, 3.8) is 0 Å². The van der Waals surface area contributed by atoms with Crippen LogP contribution >= 0.6 is 11.3 Å². The highest BCUT2D eigenvalue weighted by Gasteiger charge is 2.11. The van der Waals surface area contributed by atoms with Crippen molar-refractivity contribution in [3.05, 3.63) is 48.3 Å². The van der Waals surface area contributed by atoms with Gasteiger partial charge in [0.25, 0.3) is 0 Å². The van der Waals surface area contributed by atoms with Crippen LogP contribution in [0.25, 0.3) is 21.1 Å². The minimum absolute atomic E-state index is 0.148. The number of azo groups is 1. The van der Waals surface area contributed by atoms with Gasteiger partial charge in [0, 0.05) is 5.39 Å². The molecule has 2 heterocycles. The Kier molecular flexibility index (Phi) is 2.87. The minimum Gasteiger partial charge on any atom is -0.493 e. The Hall–Kier alpha value is -2.80. The van der Waals surface area contributed by atoms with Gasteiger partial charge in [-0.25, -0.2) is 9.37 Å². The molecule has 2 aromatic carbocycles. The zero-order valence-electron chi connectivity index (χ0n) is 11.1. The molecule has 22 heavy (non-hydrogen) atoms. The molecule has 0 fully saturated rings. The maximum Gasteiger partial charge on any atom is 0.231 e. The number of aromatic nitrogens is 2. The minimum atomic E-state index is -0.386. The van der Waals surface area contributed by atoms with Gasteiger partial charge in [0.15, 0.2) is 5.69 Å². The highest BCUT2D eigenvalue weighted by atomic mass is 32.1. The predicted molar refractivity (Wildman–Crippen MR) is 83.7 cm³/mol. The van der Waals surface area contributed by atoms with Crippen LogP contribution in [0.1, 0.15) is 0 Å². The second-order valence-corrected chi connectivity index (χ2v) is 5.69. The highest BCUT2D eigenvalue weighted by Crippen LogP contribution is 2.37. The summed E-state index contributed by atoms with van der Waals surface area (Å²) in [7, 11) is 0. The Morgan fingerprint density at radius 2 is 2.00 bits per heavy atom. The molecule has 0 unspecified atom stereocenters. The topological polar surface area (TPSA) is 73.6 Å². The average Bonchev–Trinajstić information content (AvgIpc) is 3.04. The lowest BCUT2D eigenvalue weighted by molar-refractivity contribution is 0.459. The normalized spacial score (nSPS) is 11.9. The second-order valence-electron chi connectivity index (χ2n) is 4.68. The summed E-state index contributed by atoms with van der Waals surface area (Å²) < 4.78 is 14.2. The Balaban J connectivity index is 1.77. The van der Waals surface area contributed by atoms with Gasteiger partial charge in [-0.2, -0.15) is 0 Å². The number of rotatable bonds is 2. The second kappa shape index (κ2) is 4.88. The number of fused-ring (bicyclic) bond motifs is 2. The number of para-hydroxylation sites is 1. The highest BCUT2D eigenvalue weighted by molar-refractivity contribution is 7.21. The molecule has 108 valence electrons. The van der Waals surface area contributed by atoms with E-state index >= 15 is 0 Å². The SMILES string of the molecule is Oc1[nH]c2cc(F)ccc2c1N=Nc1nc2ccccc2s1. The summed E-state index contributed by atoms with van der Waals surface area (Å²) in [5.41, 5.74) is 1.59. The number of nitrogens with zero attached hydrogens (tertiary/aromatic N) is 3. The van der Waals surface area contributed by atoms with Gasteiger partial charge in [-0.3, -0.25) is 0 Å². The lowest BCUT2D eigenvalue weighted by Crippen LogP contribution is -1.72. The van der Waals surface area contributed by atoms with E-state index in [1.807, 2.05) is 24.3 Å². The van der Waals surface area contributed by atoms with Gasteiger partial charge >= 0.3 is 0 Å². The van der Waals surface area contributed by atoms with E-state index in [2.05, 4.69) is 20.2 Å². The van der Waals surface area contributed by atoms with Crippen LogP contribution in [0.5, 0.6) is 5.88 Å². The van der Waals surface area contributed by atoms with Crippen LogP contribution in [0.3, 0.4) is 0 Å². The van der Waals surface area contributed by atoms with Crippen LogP contribution in [0.4, 0.5) is 15.2 Å². The van der Waals surface area contributed by atoms with E-state index in [0.29, 0.717) is 16.0 Å². The van der Waals surface area contributed by atoms with Crippen molar-refractivity contribution in [2.24, 2.45) is 10.2 Å². The summed E-state index contributed by atoms with van der Waals surface area (Å²) >= 11 is 1.41. The Morgan fingerprint density at radius 3 is 2.86 bits per heavy atom. The van der Waals surface area contributed by atoms with E-state index in [9.17, 15) is 9.50 Å². The maximum atomic E-state index is 13.2. The fourth-order valence-electron chi connectivity index (χ4n) is 2.24. The molecule has 2 aromatic heterocycles. The number of halogens is 1. The molecule has 4 aromatic rings. The number of nitrogens with one attached hydrogen (secondary N) is 1. The molecular weight excluding hydrogens is 303 g/mol. The van der Waals surface area contributed by atoms with Crippen molar-refractivity contribution in [2.45, 2.75) is 0 Å². The standard InChI is InChI=1S/C15H9FN4OS/c16-8-5-6-9-11(7-8)17-14(21)13(9)19-20-15-18-10-3-1-2-4-12(10)22-15/h1-7,17,21H. The average molecular weight is 312 g/mol. The van der Waals surface area contributed by atoms with Crippen molar-refractivity contribution in [1.29, 1.82) is 0 Å². The maximum absolute atomic E-state index is 13.2. The number of hydrogen-bond donors (Lipinski definition) is 2. The Bertz CT molecular complexity index is 988. The first-order chi connectivity index (χ1) is 10.7. The predicted octanol–water partition coefficient (Wildman–Crippen LogP) is 5.04. The molecule has 4 rings (SSSR count). The van der Waals surface area contributed by atoms with Crippen LogP contribution in [0, 0.1) is 5.82 Å². The van der Waals surface area contributed by atoms with Crippen LogP contribution in [-0.4, -0.2) is 15.1 Å². The molecule has 0 aliphatic rings. The molecule has 0 aliphatic heterocycles. The molecule has 0 amide bonds. The van der Waals surface area contributed by atoms with E-state index in [1.54, 1.807) is 6.07 Å². The van der Waals surface area contributed by atoms with Crippen LogP contribution < -0.4 is 0 Å². The summed E-state index contributed by atoms with van der Waals surface area (Å²) in [6, 6.07) is 11.9. The van der Waals surface area contributed by atoms with E-state index in [1.165, 1.54) is 23.5 Å². The quantitative estimate of drug-likeness (QED) is 0.509. The molecule has 0 saturated heterocycles. The number of hydrogen-bond acceptors (Lipinski definition) is 5. The van der Waals surface area contributed by atoms with Crippen molar-refractivity contribution >= 4 is 43.3 Å².